The molecule has 5 rings (SSSR count). The monoisotopic (exact) mass is 381 g/mol. The Kier molecular flexibility index (Phi) is 3.64. The van der Waals surface area contributed by atoms with Crippen LogP contribution in [0, 0.1) is 5.82 Å². The van der Waals surface area contributed by atoms with Gasteiger partial charge in [-0.2, -0.15) is 9.50 Å². The van der Waals surface area contributed by atoms with Crippen LogP contribution in [0.5, 0.6) is 11.5 Å². The second-order valence-electron chi connectivity index (χ2n) is 6.00. The largest absolute Gasteiger partial charge is 0.485 e. The number of hydrogen-bond donors (Lipinski definition) is 0. The van der Waals surface area contributed by atoms with E-state index in [-0.39, 0.29) is 18.0 Å². The highest BCUT2D eigenvalue weighted by Gasteiger charge is 2.27. The molecular formula is C19H12FN3O3S. The zero-order chi connectivity index (χ0) is 18.4. The maximum absolute atomic E-state index is 13.3. The normalized spacial score (nSPS) is 16.8. The van der Waals surface area contributed by atoms with Crippen LogP contribution < -0.4 is 19.6 Å². The van der Waals surface area contributed by atoms with Gasteiger partial charge in [-0.1, -0.05) is 35.6 Å². The molecule has 0 aliphatic carbocycles. The van der Waals surface area contributed by atoms with Crippen molar-refractivity contribution in [2.75, 3.05) is 6.61 Å². The van der Waals surface area contributed by atoms with Gasteiger partial charge in [-0.05, 0) is 35.9 Å². The summed E-state index contributed by atoms with van der Waals surface area (Å²) >= 11 is 1.20. The predicted octanol–water partition coefficient (Wildman–Crippen LogP) is 2.35. The fourth-order valence-electron chi connectivity index (χ4n) is 2.88. The van der Waals surface area contributed by atoms with Crippen molar-refractivity contribution in [1.82, 2.24) is 14.6 Å². The van der Waals surface area contributed by atoms with Gasteiger partial charge < -0.3 is 9.47 Å². The molecule has 0 bridgehead atoms. The lowest BCUT2D eigenvalue weighted by Gasteiger charge is -2.24. The lowest BCUT2D eigenvalue weighted by molar-refractivity contribution is 0.0852. The van der Waals surface area contributed by atoms with Gasteiger partial charge >= 0.3 is 0 Å². The van der Waals surface area contributed by atoms with Crippen LogP contribution in [0.25, 0.3) is 11.0 Å². The molecule has 3 heterocycles. The van der Waals surface area contributed by atoms with Crippen LogP contribution in [0.2, 0.25) is 0 Å². The average molecular weight is 381 g/mol. The third kappa shape index (κ3) is 2.83. The van der Waals surface area contributed by atoms with Gasteiger partial charge in [-0.25, -0.2) is 4.39 Å². The summed E-state index contributed by atoms with van der Waals surface area (Å²) in [5.41, 5.74) is 0.313. The van der Waals surface area contributed by atoms with Gasteiger partial charge in [0.05, 0.1) is 4.53 Å². The van der Waals surface area contributed by atoms with E-state index in [4.69, 9.17) is 9.47 Å². The highest BCUT2D eigenvalue weighted by molar-refractivity contribution is 7.15. The van der Waals surface area contributed by atoms with Crippen molar-refractivity contribution >= 4 is 22.4 Å². The summed E-state index contributed by atoms with van der Waals surface area (Å²) in [7, 11) is 0. The first-order valence-electron chi connectivity index (χ1n) is 8.23. The van der Waals surface area contributed by atoms with Gasteiger partial charge in [0.25, 0.3) is 5.56 Å². The van der Waals surface area contributed by atoms with Crippen LogP contribution in [-0.2, 0) is 0 Å². The summed E-state index contributed by atoms with van der Waals surface area (Å²) in [4.78, 5) is 17.5. The number of aromatic nitrogens is 3. The van der Waals surface area contributed by atoms with Crippen LogP contribution in [-0.4, -0.2) is 21.2 Å². The van der Waals surface area contributed by atoms with E-state index < -0.39 is 6.10 Å². The summed E-state index contributed by atoms with van der Waals surface area (Å²) in [6, 6.07) is 13.4. The van der Waals surface area contributed by atoms with Crippen molar-refractivity contribution in [3.63, 3.8) is 0 Å². The molecule has 1 atom stereocenters. The molecule has 0 N–H and O–H groups in total. The van der Waals surface area contributed by atoms with Crippen molar-refractivity contribution in [3.05, 3.63) is 80.6 Å². The van der Waals surface area contributed by atoms with Gasteiger partial charge in [-0.15, -0.1) is 5.10 Å². The number of fused-ring (bicyclic) bond motifs is 2. The summed E-state index contributed by atoms with van der Waals surface area (Å²) in [5.74, 6) is 1.33. The smallest absolute Gasteiger partial charge is 0.291 e. The summed E-state index contributed by atoms with van der Waals surface area (Å²) < 4.78 is 26.6. The van der Waals surface area contributed by atoms with E-state index in [9.17, 15) is 9.18 Å². The molecule has 0 radical (unpaired) electrons. The second kappa shape index (κ2) is 6.17. The predicted molar refractivity (Wildman–Crippen MR) is 97.6 cm³/mol. The molecule has 2 aromatic carbocycles. The van der Waals surface area contributed by atoms with Crippen molar-refractivity contribution in [3.8, 4) is 11.5 Å². The number of benzene rings is 2. The van der Waals surface area contributed by atoms with E-state index in [2.05, 4.69) is 10.1 Å². The topological polar surface area (TPSA) is 65.7 Å². The molecule has 0 spiro atoms. The van der Waals surface area contributed by atoms with E-state index in [1.807, 2.05) is 24.3 Å². The lowest BCUT2D eigenvalue weighted by atomic mass is 10.2. The molecule has 0 amide bonds. The maximum atomic E-state index is 13.3. The van der Waals surface area contributed by atoms with Crippen molar-refractivity contribution in [1.29, 1.82) is 0 Å². The molecule has 4 aromatic rings. The fourth-order valence-corrected chi connectivity index (χ4v) is 3.79. The van der Waals surface area contributed by atoms with Crippen LogP contribution in [0.1, 0.15) is 17.5 Å². The van der Waals surface area contributed by atoms with Crippen molar-refractivity contribution < 1.29 is 13.9 Å². The molecule has 0 fully saturated rings. The molecule has 8 heteroatoms. The minimum absolute atomic E-state index is 0.269. The first-order chi connectivity index (χ1) is 13.2. The van der Waals surface area contributed by atoms with Crippen LogP contribution >= 0.6 is 11.3 Å². The minimum Gasteiger partial charge on any atom is -0.485 e. The van der Waals surface area contributed by atoms with Gasteiger partial charge in [0, 0.05) is 0 Å². The van der Waals surface area contributed by atoms with E-state index in [0.29, 0.717) is 32.4 Å². The number of rotatable bonds is 2. The summed E-state index contributed by atoms with van der Waals surface area (Å²) in [5, 5.41) is 4.29. The number of thiazole rings is 1. The third-order valence-electron chi connectivity index (χ3n) is 4.14. The fraction of sp³-hybridized carbons (Fsp3) is 0.105. The second-order valence-corrected chi connectivity index (χ2v) is 7.01. The standard InChI is InChI=1S/C19H12FN3O3S/c20-12-5-3-4-11(8-12)9-16-18(24)23-19(27-16)21-17(22-23)15-10-25-13-6-1-2-7-14(13)26-15/h1-9,15H,10H2/b16-9-/t15-/m0/s1. The van der Waals surface area contributed by atoms with Gasteiger partial charge in [-0.3, -0.25) is 4.79 Å². The number of para-hydroxylation sites is 2. The first-order valence-corrected chi connectivity index (χ1v) is 9.04. The Bertz CT molecular complexity index is 1270. The Morgan fingerprint density at radius 1 is 1.19 bits per heavy atom. The maximum Gasteiger partial charge on any atom is 0.291 e. The summed E-state index contributed by atoms with van der Waals surface area (Å²) in [6.07, 6.45) is 1.14. The molecule has 0 saturated heterocycles. The lowest BCUT2D eigenvalue weighted by Crippen LogP contribution is -2.26. The van der Waals surface area contributed by atoms with Crippen LogP contribution in [0.15, 0.2) is 53.3 Å². The minimum atomic E-state index is -0.484. The molecule has 0 unspecified atom stereocenters. The van der Waals surface area contributed by atoms with E-state index >= 15 is 0 Å². The SMILES string of the molecule is O=c1/c(=C/c2cccc(F)c2)sc2nc([C@@H]3COc4ccccc4O3)nn12. The molecule has 1 aliphatic rings. The van der Waals surface area contributed by atoms with E-state index in [0.717, 1.165) is 0 Å². The average Bonchev–Trinajstić information content (AvgIpc) is 3.21. The molecule has 1 aliphatic heterocycles. The van der Waals surface area contributed by atoms with Crippen molar-refractivity contribution in [2.24, 2.45) is 0 Å². The Morgan fingerprint density at radius 3 is 2.85 bits per heavy atom. The van der Waals surface area contributed by atoms with Crippen LogP contribution in [0.4, 0.5) is 4.39 Å². The quantitative estimate of drug-likeness (QED) is 0.533. The Morgan fingerprint density at radius 2 is 2.04 bits per heavy atom. The number of halogens is 1. The van der Waals surface area contributed by atoms with Gasteiger partial charge in [0.15, 0.2) is 23.4 Å². The van der Waals surface area contributed by atoms with E-state index in [1.165, 1.54) is 28.0 Å². The number of nitrogens with zero attached hydrogens (tertiary/aromatic N) is 3. The first kappa shape index (κ1) is 16.0. The zero-order valence-electron chi connectivity index (χ0n) is 13.8. The third-order valence-corrected chi connectivity index (χ3v) is 5.10. The molecule has 6 nitrogen and oxygen atoms in total. The number of hydrogen-bond acceptors (Lipinski definition) is 6. The molecular weight excluding hydrogens is 369 g/mol. The Labute approximate surface area is 156 Å². The molecule has 2 aromatic heterocycles. The molecule has 134 valence electrons. The molecule has 0 saturated carbocycles. The van der Waals surface area contributed by atoms with Gasteiger partial charge in [0.1, 0.15) is 12.4 Å². The molecule has 27 heavy (non-hydrogen) atoms. The Balaban J connectivity index is 1.50. The van der Waals surface area contributed by atoms with Gasteiger partial charge in [0.2, 0.25) is 4.96 Å². The summed E-state index contributed by atoms with van der Waals surface area (Å²) in [6.45, 7) is 0.269. The highest BCUT2D eigenvalue weighted by Crippen LogP contribution is 2.35. The van der Waals surface area contributed by atoms with Crippen LogP contribution in [0.3, 0.4) is 0 Å². The van der Waals surface area contributed by atoms with Crippen molar-refractivity contribution in [2.45, 2.75) is 6.10 Å². The van der Waals surface area contributed by atoms with E-state index in [1.54, 1.807) is 18.2 Å². The highest BCUT2D eigenvalue weighted by atomic mass is 32.1. The number of ether oxygens (including phenoxy) is 2. The zero-order valence-corrected chi connectivity index (χ0v) is 14.6. The Hall–Kier alpha value is -3.26.